The number of sulfonamides is 1. The monoisotopic (exact) mass is 448 g/mol. The average Bonchev–Trinajstić information content (AvgIpc) is 2.70. The third-order valence-electron chi connectivity index (χ3n) is 4.35. The molecule has 0 aliphatic heterocycles. The number of benzene rings is 3. The Kier molecular flexibility index (Phi) is 6.17. The number of aryl methyl sites for hydroxylation is 1. The van der Waals surface area contributed by atoms with Crippen molar-refractivity contribution in [3.05, 3.63) is 87.9 Å². The molecule has 0 unspecified atom stereocenters. The number of carbonyl (C=O) groups excluding carboxylic acids is 1. The summed E-state index contributed by atoms with van der Waals surface area (Å²) in [6, 6.07) is 17.6. The largest absolute Gasteiger partial charge is 0.321 e. The smallest absolute Gasteiger partial charge is 0.264 e. The lowest BCUT2D eigenvalue weighted by molar-refractivity contribution is 0.102. The van der Waals surface area contributed by atoms with Crippen molar-refractivity contribution in [2.45, 2.75) is 11.8 Å². The first-order valence-electron chi connectivity index (χ1n) is 8.60. The zero-order chi connectivity index (χ0) is 21.2. The van der Waals surface area contributed by atoms with Gasteiger partial charge in [0.05, 0.1) is 21.3 Å². The van der Waals surface area contributed by atoms with Gasteiger partial charge in [-0.25, -0.2) is 8.42 Å². The highest BCUT2D eigenvalue weighted by Gasteiger charge is 2.21. The Morgan fingerprint density at radius 3 is 2.14 bits per heavy atom. The molecule has 0 aliphatic rings. The van der Waals surface area contributed by atoms with Crippen molar-refractivity contribution in [3.63, 3.8) is 0 Å². The normalized spacial score (nSPS) is 11.2. The van der Waals surface area contributed by atoms with Crippen molar-refractivity contribution < 1.29 is 13.2 Å². The van der Waals surface area contributed by atoms with Crippen LogP contribution in [0.2, 0.25) is 10.0 Å². The highest BCUT2D eigenvalue weighted by atomic mass is 35.5. The van der Waals surface area contributed by atoms with Crippen LogP contribution in [0.25, 0.3) is 0 Å². The number of nitrogens with one attached hydrogen (secondary N) is 1. The number of hydrogen-bond donors (Lipinski definition) is 1. The highest BCUT2D eigenvalue weighted by molar-refractivity contribution is 7.92. The standard InChI is InChI=1S/C21H18Cl2N2O3S/c1-14-3-10-18(11-4-14)29(27,28)25(2)17-8-5-15(6-9-17)21(26)24-20-12-7-16(22)13-19(20)23/h3-13H,1-2H3,(H,24,26). The molecule has 0 aromatic heterocycles. The van der Waals surface area contributed by atoms with Crippen LogP contribution in [0.3, 0.4) is 0 Å². The van der Waals surface area contributed by atoms with Crippen LogP contribution >= 0.6 is 23.2 Å². The summed E-state index contributed by atoms with van der Waals surface area (Å²) >= 11 is 11.9. The number of anilines is 2. The first kappa shape index (κ1) is 21.2. The third-order valence-corrected chi connectivity index (χ3v) is 6.70. The zero-order valence-electron chi connectivity index (χ0n) is 15.7. The van der Waals surface area contributed by atoms with Crippen LogP contribution in [-0.4, -0.2) is 21.4 Å². The highest BCUT2D eigenvalue weighted by Crippen LogP contribution is 2.27. The third kappa shape index (κ3) is 4.72. The number of nitrogens with zero attached hydrogens (tertiary/aromatic N) is 1. The number of halogens is 2. The van der Waals surface area contributed by atoms with Gasteiger partial charge in [-0.2, -0.15) is 0 Å². The number of rotatable bonds is 5. The zero-order valence-corrected chi connectivity index (χ0v) is 18.0. The summed E-state index contributed by atoms with van der Waals surface area (Å²) in [4.78, 5) is 12.6. The minimum absolute atomic E-state index is 0.199. The van der Waals surface area contributed by atoms with E-state index in [1.807, 2.05) is 6.92 Å². The first-order valence-corrected chi connectivity index (χ1v) is 10.8. The van der Waals surface area contributed by atoms with Gasteiger partial charge in [0.1, 0.15) is 0 Å². The summed E-state index contributed by atoms with van der Waals surface area (Å²) in [6.45, 7) is 1.89. The lowest BCUT2D eigenvalue weighted by Crippen LogP contribution is -2.26. The van der Waals surface area contributed by atoms with E-state index in [1.165, 1.54) is 17.4 Å². The van der Waals surface area contributed by atoms with Crippen LogP contribution in [0.4, 0.5) is 11.4 Å². The summed E-state index contributed by atoms with van der Waals surface area (Å²) < 4.78 is 26.8. The Morgan fingerprint density at radius 1 is 0.931 bits per heavy atom. The summed E-state index contributed by atoms with van der Waals surface area (Å²) in [7, 11) is -2.23. The second-order valence-electron chi connectivity index (χ2n) is 6.41. The van der Waals surface area contributed by atoms with Gasteiger partial charge in [0.15, 0.2) is 0 Å². The number of hydrogen-bond acceptors (Lipinski definition) is 3. The molecule has 1 amide bonds. The molecular weight excluding hydrogens is 431 g/mol. The lowest BCUT2D eigenvalue weighted by atomic mass is 10.2. The van der Waals surface area contributed by atoms with Gasteiger partial charge in [-0.3, -0.25) is 9.10 Å². The maximum atomic E-state index is 12.8. The summed E-state index contributed by atoms with van der Waals surface area (Å²) in [5.41, 5.74) is 2.21. The van der Waals surface area contributed by atoms with Crippen LogP contribution in [0, 0.1) is 6.92 Å². The molecule has 0 heterocycles. The van der Waals surface area contributed by atoms with Crippen molar-refractivity contribution in [1.29, 1.82) is 0 Å². The molecule has 0 radical (unpaired) electrons. The molecule has 150 valence electrons. The van der Waals surface area contributed by atoms with Crippen LogP contribution in [0.1, 0.15) is 15.9 Å². The Labute approximate surface area is 179 Å². The SMILES string of the molecule is Cc1ccc(S(=O)(=O)N(C)c2ccc(C(=O)Nc3ccc(Cl)cc3Cl)cc2)cc1. The molecule has 0 saturated carbocycles. The van der Waals surface area contributed by atoms with Gasteiger partial charge in [-0.1, -0.05) is 40.9 Å². The first-order chi connectivity index (χ1) is 13.7. The molecule has 0 fully saturated rings. The van der Waals surface area contributed by atoms with Crippen molar-refractivity contribution in [3.8, 4) is 0 Å². The van der Waals surface area contributed by atoms with Gasteiger partial charge < -0.3 is 5.32 Å². The van der Waals surface area contributed by atoms with E-state index in [0.717, 1.165) is 5.56 Å². The Bertz CT molecular complexity index is 1150. The number of amides is 1. The Hall–Kier alpha value is -2.54. The molecule has 8 heteroatoms. The van der Waals surface area contributed by atoms with E-state index in [9.17, 15) is 13.2 Å². The lowest BCUT2D eigenvalue weighted by Gasteiger charge is -2.20. The van der Waals surface area contributed by atoms with Crippen LogP contribution < -0.4 is 9.62 Å². The van der Waals surface area contributed by atoms with Gasteiger partial charge in [0.2, 0.25) is 0 Å². The Balaban J connectivity index is 1.78. The van der Waals surface area contributed by atoms with Gasteiger partial charge in [0.25, 0.3) is 15.9 Å². The average molecular weight is 449 g/mol. The maximum absolute atomic E-state index is 12.8. The van der Waals surface area contributed by atoms with E-state index in [0.29, 0.717) is 27.0 Å². The van der Waals surface area contributed by atoms with Crippen LogP contribution in [0.15, 0.2) is 71.6 Å². The molecule has 0 spiro atoms. The second-order valence-corrected chi connectivity index (χ2v) is 9.22. The van der Waals surface area contributed by atoms with E-state index in [1.54, 1.807) is 60.7 Å². The quantitative estimate of drug-likeness (QED) is 0.569. The van der Waals surface area contributed by atoms with Gasteiger partial charge in [-0.15, -0.1) is 0 Å². The molecule has 1 N–H and O–H groups in total. The number of carbonyl (C=O) groups is 1. The molecular formula is C21H18Cl2N2O3S. The molecule has 0 atom stereocenters. The van der Waals surface area contributed by atoms with E-state index in [4.69, 9.17) is 23.2 Å². The molecule has 3 rings (SSSR count). The van der Waals surface area contributed by atoms with Gasteiger partial charge in [-0.05, 0) is 61.5 Å². The van der Waals surface area contributed by atoms with Gasteiger partial charge >= 0.3 is 0 Å². The molecule has 0 bridgehead atoms. The molecule has 0 aliphatic carbocycles. The predicted molar refractivity (Wildman–Crippen MR) is 118 cm³/mol. The molecule has 5 nitrogen and oxygen atoms in total. The van der Waals surface area contributed by atoms with E-state index < -0.39 is 10.0 Å². The summed E-state index contributed by atoms with van der Waals surface area (Å²) in [5.74, 6) is -0.371. The van der Waals surface area contributed by atoms with E-state index in [-0.39, 0.29) is 10.8 Å². The fraction of sp³-hybridized carbons (Fsp3) is 0.0952. The summed E-state index contributed by atoms with van der Waals surface area (Å²) in [5, 5.41) is 3.50. The molecule has 0 saturated heterocycles. The van der Waals surface area contributed by atoms with Crippen LogP contribution in [0.5, 0.6) is 0 Å². The van der Waals surface area contributed by atoms with Gasteiger partial charge in [0, 0.05) is 17.6 Å². The molecule has 3 aromatic carbocycles. The van der Waals surface area contributed by atoms with Crippen molar-refractivity contribution in [2.75, 3.05) is 16.7 Å². The van der Waals surface area contributed by atoms with Crippen molar-refractivity contribution in [2.24, 2.45) is 0 Å². The summed E-state index contributed by atoms with van der Waals surface area (Å²) in [6.07, 6.45) is 0. The molecule has 3 aromatic rings. The fourth-order valence-corrected chi connectivity index (χ4v) is 4.27. The maximum Gasteiger partial charge on any atom is 0.264 e. The minimum atomic E-state index is -3.70. The van der Waals surface area contributed by atoms with E-state index >= 15 is 0 Å². The molecule has 29 heavy (non-hydrogen) atoms. The topological polar surface area (TPSA) is 66.5 Å². The Morgan fingerprint density at radius 2 is 1.55 bits per heavy atom. The fourth-order valence-electron chi connectivity index (χ4n) is 2.62. The predicted octanol–water partition coefficient (Wildman–Crippen LogP) is 5.38. The van der Waals surface area contributed by atoms with Crippen molar-refractivity contribution in [1.82, 2.24) is 0 Å². The minimum Gasteiger partial charge on any atom is -0.321 e. The van der Waals surface area contributed by atoms with Crippen LogP contribution in [-0.2, 0) is 10.0 Å². The second kappa shape index (κ2) is 8.45. The van der Waals surface area contributed by atoms with Crippen molar-refractivity contribution >= 4 is 50.5 Å². The van der Waals surface area contributed by atoms with E-state index in [2.05, 4.69) is 5.32 Å².